The van der Waals surface area contributed by atoms with Crippen molar-refractivity contribution >= 4 is 10.8 Å². The van der Waals surface area contributed by atoms with Crippen LogP contribution in [-0.4, -0.2) is 29.2 Å². The smallest absolute Gasteiger partial charge is 0.272 e. The van der Waals surface area contributed by atoms with Crippen LogP contribution in [0.3, 0.4) is 0 Å². The van der Waals surface area contributed by atoms with Crippen molar-refractivity contribution in [1.82, 2.24) is 15.1 Å². The van der Waals surface area contributed by atoms with Gasteiger partial charge in [-0.25, -0.2) is 5.10 Å². The number of nitrogens with zero attached hydrogens (tertiary/aromatic N) is 2. The lowest BCUT2D eigenvalue weighted by molar-refractivity contribution is 0.402. The first-order valence-corrected chi connectivity index (χ1v) is 6.86. The fourth-order valence-corrected chi connectivity index (χ4v) is 2.52. The predicted molar refractivity (Wildman–Crippen MR) is 85.2 cm³/mol. The van der Waals surface area contributed by atoms with E-state index in [0.29, 0.717) is 5.39 Å². The number of hydrogen-bond acceptors (Lipinski definition) is 3. The molecule has 0 radical (unpaired) electrons. The minimum absolute atomic E-state index is 0.154. The van der Waals surface area contributed by atoms with E-state index in [4.69, 9.17) is 0 Å². The van der Waals surface area contributed by atoms with E-state index in [1.165, 1.54) is 5.56 Å². The molecule has 106 valence electrons. The molecule has 0 aliphatic heterocycles. The van der Waals surface area contributed by atoms with E-state index in [1.807, 2.05) is 50.5 Å². The number of rotatable bonds is 3. The number of nitrogens with one attached hydrogen (secondary N) is 1. The van der Waals surface area contributed by atoms with E-state index >= 15 is 0 Å². The third-order valence-corrected chi connectivity index (χ3v) is 3.40. The van der Waals surface area contributed by atoms with Crippen LogP contribution < -0.4 is 5.56 Å². The Morgan fingerprint density at radius 3 is 2.57 bits per heavy atom. The van der Waals surface area contributed by atoms with Crippen molar-refractivity contribution in [2.24, 2.45) is 0 Å². The molecule has 4 heteroatoms. The van der Waals surface area contributed by atoms with Crippen molar-refractivity contribution in [2.75, 3.05) is 14.1 Å². The van der Waals surface area contributed by atoms with Crippen molar-refractivity contribution in [3.63, 3.8) is 0 Å². The highest BCUT2D eigenvalue weighted by atomic mass is 16.1. The van der Waals surface area contributed by atoms with E-state index in [0.717, 1.165) is 23.2 Å². The van der Waals surface area contributed by atoms with Gasteiger partial charge in [0.15, 0.2) is 0 Å². The minimum Gasteiger partial charge on any atom is -0.305 e. The minimum atomic E-state index is -0.154. The van der Waals surface area contributed by atoms with Gasteiger partial charge in [0.05, 0.1) is 11.1 Å². The second-order valence-electron chi connectivity index (χ2n) is 5.39. The molecule has 1 N–H and O–H groups in total. The molecule has 0 unspecified atom stereocenters. The number of H-pyrrole nitrogens is 1. The van der Waals surface area contributed by atoms with Crippen LogP contribution in [0.2, 0.25) is 0 Å². The maximum Gasteiger partial charge on any atom is 0.272 e. The second-order valence-corrected chi connectivity index (χ2v) is 5.39. The van der Waals surface area contributed by atoms with Gasteiger partial charge in [-0.15, -0.1) is 0 Å². The number of aromatic amines is 1. The number of benzene rings is 2. The Morgan fingerprint density at radius 1 is 1.05 bits per heavy atom. The average Bonchev–Trinajstić information content (AvgIpc) is 2.47. The Morgan fingerprint density at radius 2 is 1.81 bits per heavy atom. The molecule has 0 atom stereocenters. The van der Waals surface area contributed by atoms with Crippen LogP contribution in [-0.2, 0) is 6.54 Å². The van der Waals surface area contributed by atoms with Gasteiger partial charge in [0.25, 0.3) is 5.56 Å². The molecule has 1 heterocycles. The van der Waals surface area contributed by atoms with E-state index in [9.17, 15) is 4.79 Å². The van der Waals surface area contributed by atoms with Crippen LogP contribution in [0.15, 0.2) is 53.3 Å². The average molecular weight is 279 g/mol. The Hall–Kier alpha value is -2.46. The highest BCUT2D eigenvalue weighted by Crippen LogP contribution is 2.24. The molecule has 3 rings (SSSR count). The van der Waals surface area contributed by atoms with Gasteiger partial charge >= 0.3 is 0 Å². The van der Waals surface area contributed by atoms with Gasteiger partial charge in [-0.3, -0.25) is 4.79 Å². The van der Waals surface area contributed by atoms with E-state index in [2.05, 4.69) is 27.2 Å². The number of aromatic nitrogens is 2. The molecule has 21 heavy (non-hydrogen) atoms. The molecular formula is C17H17N3O. The van der Waals surface area contributed by atoms with Crippen molar-refractivity contribution in [2.45, 2.75) is 6.54 Å². The van der Waals surface area contributed by atoms with E-state index in [-0.39, 0.29) is 5.56 Å². The largest absolute Gasteiger partial charge is 0.305 e. The molecule has 0 fully saturated rings. The lowest BCUT2D eigenvalue weighted by Crippen LogP contribution is -2.11. The third-order valence-electron chi connectivity index (χ3n) is 3.40. The maximum absolute atomic E-state index is 11.8. The molecule has 0 saturated carbocycles. The zero-order chi connectivity index (χ0) is 14.8. The highest BCUT2D eigenvalue weighted by molar-refractivity contribution is 5.93. The normalized spacial score (nSPS) is 11.2. The van der Waals surface area contributed by atoms with Crippen LogP contribution in [0.1, 0.15) is 5.56 Å². The summed E-state index contributed by atoms with van der Waals surface area (Å²) in [6.45, 7) is 0.870. The first-order chi connectivity index (χ1) is 10.1. The van der Waals surface area contributed by atoms with Crippen LogP contribution in [0.5, 0.6) is 0 Å². The molecule has 0 amide bonds. The number of fused-ring (bicyclic) bond motifs is 1. The van der Waals surface area contributed by atoms with Gasteiger partial charge in [0.1, 0.15) is 0 Å². The molecule has 3 aromatic rings. The molecule has 4 nitrogen and oxygen atoms in total. The van der Waals surface area contributed by atoms with Crippen molar-refractivity contribution in [3.05, 3.63) is 64.4 Å². The third kappa shape index (κ3) is 2.71. The summed E-state index contributed by atoms with van der Waals surface area (Å²) in [7, 11) is 4.08. The van der Waals surface area contributed by atoms with Crippen LogP contribution in [0.4, 0.5) is 0 Å². The van der Waals surface area contributed by atoms with E-state index in [1.54, 1.807) is 0 Å². The van der Waals surface area contributed by atoms with Gasteiger partial charge < -0.3 is 4.90 Å². The molecule has 1 aromatic heterocycles. The second kappa shape index (κ2) is 5.50. The predicted octanol–water partition coefficient (Wildman–Crippen LogP) is 2.65. The van der Waals surface area contributed by atoms with Gasteiger partial charge in [0.2, 0.25) is 0 Å². The van der Waals surface area contributed by atoms with Gasteiger partial charge in [-0.2, -0.15) is 5.10 Å². The van der Waals surface area contributed by atoms with E-state index < -0.39 is 0 Å². The first-order valence-electron chi connectivity index (χ1n) is 6.86. The Labute approximate surface area is 123 Å². The van der Waals surface area contributed by atoms with Crippen molar-refractivity contribution in [1.29, 1.82) is 0 Å². The summed E-state index contributed by atoms with van der Waals surface area (Å²) >= 11 is 0. The molecule has 2 aromatic carbocycles. The Bertz CT molecular complexity index is 837. The Kier molecular flexibility index (Phi) is 3.54. The lowest BCUT2D eigenvalue weighted by Gasteiger charge is -2.11. The summed E-state index contributed by atoms with van der Waals surface area (Å²) < 4.78 is 0. The van der Waals surface area contributed by atoms with Gasteiger partial charge in [-0.1, -0.05) is 36.4 Å². The molecular weight excluding hydrogens is 262 g/mol. The molecule has 0 saturated heterocycles. The van der Waals surface area contributed by atoms with Gasteiger partial charge in [0, 0.05) is 17.5 Å². The monoisotopic (exact) mass is 279 g/mol. The first kappa shape index (κ1) is 13.5. The lowest BCUT2D eigenvalue weighted by atomic mass is 10.0. The fourth-order valence-electron chi connectivity index (χ4n) is 2.52. The quantitative estimate of drug-likeness (QED) is 0.802. The molecule has 0 aliphatic carbocycles. The zero-order valence-corrected chi connectivity index (χ0v) is 12.1. The summed E-state index contributed by atoms with van der Waals surface area (Å²) in [4.78, 5) is 14.0. The standard InChI is InChI=1S/C17H17N3O/c1-20(2)11-12-6-5-7-13(10-12)16-14-8-3-4-9-15(14)17(21)19-18-16/h3-10H,11H2,1-2H3,(H,19,21). The topological polar surface area (TPSA) is 49.0 Å². The summed E-state index contributed by atoms with van der Waals surface area (Å²) in [6.07, 6.45) is 0. The van der Waals surface area contributed by atoms with Crippen molar-refractivity contribution < 1.29 is 0 Å². The summed E-state index contributed by atoms with van der Waals surface area (Å²) in [6, 6.07) is 15.8. The van der Waals surface area contributed by atoms with Crippen molar-refractivity contribution in [3.8, 4) is 11.3 Å². The summed E-state index contributed by atoms with van der Waals surface area (Å²) in [5, 5.41) is 8.38. The number of hydrogen-bond donors (Lipinski definition) is 1. The molecule has 0 bridgehead atoms. The highest BCUT2D eigenvalue weighted by Gasteiger charge is 2.08. The fraction of sp³-hybridized carbons (Fsp3) is 0.176. The van der Waals surface area contributed by atoms with Crippen LogP contribution in [0.25, 0.3) is 22.0 Å². The zero-order valence-electron chi connectivity index (χ0n) is 12.1. The maximum atomic E-state index is 11.8. The van der Waals surface area contributed by atoms with Gasteiger partial charge in [-0.05, 0) is 31.8 Å². The van der Waals surface area contributed by atoms with Crippen LogP contribution >= 0.6 is 0 Å². The molecule has 0 spiro atoms. The summed E-state index contributed by atoms with van der Waals surface area (Å²) in [5.41, 5.74) is 2.89. The Balaban J connectivity index is 2.17. The van der Waals surface area contributed by atoms with Crippen LogP contribution in [0, 0.1) is 0 Å². The SMILES string of the molecule is CN(C)Cc1cccc(-c2n[nH]c(=O)c3ccccc23)c1. The molecule has 0 aliphatic rings. The summed E-state index contributed by atoms with van der Waals surface area (Å²) in [5.74, 6) is 0.